The predicted octanol–water partition coefficient (Wildman–Crippen LogP) is 10.2. The summed E-state index contributed by atoms with van der Waals surface area (Å²) in [6, 6.07) is 12.1. The van der Waals surface area contributed by atoms with Gasteiger partial charge in [-0.3, -0.25) is 0 Å². The molecule has 0 N–H and O–H groups in total. The number of pyridine rings is 1. The standard InChI is InChI=1S/C34H62NO3.C7H8O3S/c1-2-3-4-5-6-7-8-9-10-11-12-13-14-17-21-26-34-37-32-33(38-34)31-36-30-25-19-16-15-18-22-27-35-28-23-20-24-29-35;1-6-2-4-7(5-3-6)11(8,9)10/h20,23-24,28-29,33-34H,2-19,21-22,25-27,30-32H2,1H3;2-5H,1H3,(H,8,9,10)/q+1;/p-1/t33-,34-;/m0./s1. The van der Waals surface area contributed by atoms with Gasteiger partial charge in [-0.15, -0.1) is 0 Å². The van der Waals surface area contributed by atoms with E-state index >= 15 is 0 Å². The fourth-order valence-electron chi connectivity index (χ4n) is 6.14. The van der Waals surface area contributed by atoms with E-state index < -0.39 is 10.1 Å². The van der Waals surface area contributed by atoms with Crippen molar-refractivity contribution in [3.05, 3.63) is 60.4 Å². The van der Waals surface area contributed by atoms with Crippen LogP contribution in [0.3, 0.4) is 0 Å². The van der Waals surface area contributed by atoms with Crippen LogP contribution in [0.2, 0.25) is 0 Å². The van der Waals surface area contributed by atoms with Crippen LogP contribution in [0.15, 0.2) is 59.8 Å². The Kier molecular flexibility index (Phi) is 25.5. The zero-order valence-corrected chi connectivity index (χ0v) is 31.9. The van der Waals surface area contributed by atoms with Crippen molar-refractivity contribution in [3.63, 3.8) is 0 Å². The number of hydrogen-bond acceptors (Lipinski definition) is 6. The maximum Gasteiger partial charge on any atom is 0.168 e. The molecule has 2 atom stereocenters. The highest BCUT2D eigenvalue weighted by atomic mass is 32.2. The van der Waals surface area contributed by atoms with Crippen LogP contribution in [-0.2, 0) is 30.9 Å². The van der Waals surface area contributed by atoms with E-state index in [1.54, 1.807) is 12.1 Å². The molecule has 0 saturated carbocycles. The summed E-state index contributed by atoms with van der Waals surface area (Å²) in [5.41, 5.74) is 0.928. The van der Waals surface area contributed by atoms with Gasteiger partial charge in [0.25, 0.3) is 0 Å². The first-order valence-electron chi connectivity index (χ1n) is 19.7. The minimum absolute atomic E-state index is 0.000350. The summed E-state index contributed by atoms with van der Waals surface area (Å²) in [5, 5.41) is 0. The molecule has 7 nitrogen and oxygen atoms in total. The highest BCUT2D eigenvalue weighted by Crippen LogP contribution is 2.19. The Bertz CT molecular complexity index is 1130. The van der Waals surface area contributed by atoms with E-state index in [1.807, 2.05) is 6.92 Å². The predicted molar refractivity (Wildman–Crippen MR) is 198 cm³/mol. The minimum Gasteiger partial charge on any atom is -0.744 e. The summed E-state index contributed by atoms with van der Waals surface area (Å²) in [4.78, 5) is -0.178. The molecule has 1 aliphatic heterocycles. The lowest BCUT2D eigenvalue weighted by molar-refractivity contribution is -0.697. The molecule has 1 fully saturated rings. The monoisotopic (exact) mass is 703 g/mol. The Hall–Kier alpha value is -1.84. The van der Waals surface area contributed by atoms with Gasteiger partial charge in [-0.05, 0) is 44.7 Å². The van der Waals surface area contributed by atoms with Gasteiger partial charge in [0.1, 0.15) is 22.8 Å². The first-order chi connectivity index (χ1) is 23.9. The second kappa shape index (κ2) is 28.8. The van der Waals surface area contributed by atoms with Crippen LogP contribution in [0.4, 0.5) is 0 Å². The van der Waals surface area contributed by atoms with Crippen LogP contribution < -0.4 is 4.57 Å². The third-order valence-corrected chi connectivity index (χ3v) is 10.1. The van der Waals surface area contributed by atoms with Gasteiger partial charge in [0.15, 0.2) is 18.7 Å². The van der Waals surface area contributed by atoms with E-state index in [2.05, 4.69) is 42.1 Å². The third kappa shape index (κ3) is 24.1. The Morgan fingerprint density at radius 3 is 1.78 bits per heavy atom. The van der Waals surface area contributed by atoms with Gasteiger partial charge in [0.05, 0.1) is 18.1 Å². The lowest BCUT2D eigenvalue weighted by Gasteiger charge is -2.12. The zero-order chi connectivity index (χ0) is 35.3. The molecule has 3 rings (SSSR count). The smallest absolute Gasteiger partial charge is 0.168 e. The molecule has 1 aromatic heterocycles. The number of aryl methyl sites for hydroxylation is 2. The van der Waals surface area contributed by atoms with Gasteiger partial charge in [-0.1, -0.05) is 140 Å². The number of rotatable bonds is 28. The fraction of sp³-hybridized carbons (Fsp3) is 0.732. The average molecular weight is 704 g/mol. The summed E-state index contributed by atoms with van der Waals surface area (Å²) >= 11 is 0. The van der Waals surface area contributed by atoms with Crippen LogP contribution in [0, 0.1) is 6.92 Å². The molecule has 280 valence electrons. The van der Waals surface area contributed by atoms with Crippen molar-refractivity contribution in [3.8, 4) is 0 Å². The van der Waals surface area contributed by atoms with E-state index in [1.165, 1.54) is 141 Å². The molecule has 1 aromatic carbocycles. The van der Waals surface area contributed by atoms with Crippen molar-refractivity contribution in [1.29, 1.82) is 0 Å². The normalized spacial score (nSPS) is 16.1. The number of hydrogen-bond donors (Lipinski definition) is 0. The van der Waals surface area contributed by atoms with Gasteiger partial charge in [-0.2, -0.15) is 0 Å². The molecule has 1 saturated heterocycles. The van der Waals surface area contributed by atoms with Crippen molar-refractivity contribution in [2.24, 2.45) is 0 Å². The third-order valence-electron chi connectivity index (χ3n) is 9.20. The van der Waals surface area contributed by atoms with Gasteiger partial charge >= 0.3 is 0 Å². The molecule has 2 aromatic rings. The van der Waals surface area contributed by atoms with Crippen molar-refractivity contribution < 1.29 is 31.7 Å². The summed E-state index contributed by atoms with van der Waals surface area (Å²) in [5.74, 6) is 0. The van der Waals surface area contributed by atoms with Crippen LogP contribution >= 0.6 is 0 Å². The quantitative estimate of drug-likeness (QED) is 0.0498. The first kappa shape index (κ1) is 43.3. The Balaban J connectivity index is 0.000000639. The van der Waals surface area contributed by atoms with Gasteiger partial charge in [0, 0.05) is 25.2 Å². The van der Waals surface area contributed by atoms with Crippen molar-refractivity contribution in [2.75, 3.05) is 19.8 Å². The van der Waals surface area contributed by atoms with Gasteiger partial charge in [0.2, 0.25) is 0 Å². The zero-order valence-electron chi connectivity index (χ0n) is 31.0. The lowest BCUT2D eigenvalue weighted by atomic mass is 10.0. The van der Waals surface area contributed by atoms with E-state index in [9.17, 15) is 13.0 Å². The fourth-order valence-corrected chi connectivity index (χ4v) is 6.61. The van der Waals surface area contributed by atoms with Crippen LogP contribution in [0.25, 0.3) is 0 Å². The molecule has 0 radical (unpaired) electrons. The second-order valence-corrected chi connectivity index (χ2v) is 15.2. The van der Waals surface area contributed by atoms with Crippen LogP contribution in [0.5, 0.6) is 0 Å². The Morgan fingerprint density at radius 1 is 0.714 bits per heavy atom. The van der Waals surface area contributed by atoms with Crippen molar-refractivity contribution >= 4 is 10.1 Å². The van der Waals surface area contributed by atoms with E-state index in [0.717, 1.165) is 31.6 Å². The molecule has 1 aliphatic rings. The topological polar surface area (TPSA) is 88.8 Å². The molecule has 0 aliphatic carbocycles. The maximum absolute atomic E-state index is 10.4. The minimum atomic E-state index is -4.27. The van der Waals surface area contributed by atoms with Crippen LogP contribution in [0.1, 0.15) is 154 Å². The SMILES string of the molecule is CCCCCCCCCCCCCCCCC[C@H]1OC[C@H](COCCCCCCCC[n+]2ccccc2)O1.Cc1ccc(S(=O)(=O)[O-])cc1. The molecule has 8 heteroatoms. The molecule has 0 spiro atoms. The average Bonchev–Trinajstić information content (AvgIpc) is 3.55. The van der Waals surface area contributed by atoms with E-state index in [-0.39, 0.29) is 17.3 Å². The highest BCUT2D eigenvalue weighted by Gasteiger charge is 2.25. The molecule has 0 unspecified atom stereocenters. The summed E-state index contributed by atoms with van der Waals surface area (Å²) < 4.78 is 51.2. The number of benzene rings is 1. The van der Waals surface area contributed by atoms with E-state index in [4.69, 9.17) is 14.2 Å². The Morgan fingerprint density at radius 2 is 1.22 bits per heavy atom. The highest BCUT2D eigenvalue weighted by molar-refractivity contribution is 7.85. The number of ether oxygens (including phenoxy) is 3. The first-order valence-corrected chi connectivity index (χ1v) is 21.1. The number of aromatic nitrogens is 1. The number of unbranched alkanes of at least 4 members (excludes halogenated alkanes) is 19. The Labute approximate surface area is 300 Å². The van der Waals surface area contributed by atoms with Gasteiger partial charge < -0.3 is 18.8 Å². The van der Waals surface area contributed by atoms with Gasteiger partial charge in [-0.25, -0.2) is 13.0 Å². The molecular formula is C41H69NO6S. The molecule has 49 heavy (non-hydrogen) atoms. The summed E-state index contributed by atoms with van der Waals surface area (Å²) in [6.07, 6.45) is 34.2. The van der Waals surface area contributed by atoms with Crippen molar-refractivity contribution in [2.45, 2.75) is 179 Å². The van der Waals surface area contributed by atoms with Crippen LogP contribution in [-0.4, -0.2) is 45.2 Å². The van der Waals surface area contributed by atoms with Crippen molar-refractivity contribution in [1.82, 2.24) is 0 Å². The molecular weight excluding hydrogens is 635 g/mol. The van der Waals surface area contributed by atoms with E-state index in [0.29, 0.717) is 13.2 Å². The second-order valence-electron chi connectivity index (χ2n) is 13.8. The summed E-state index contributed by atoms with van der Waals surface area (Å²) in [7, 11) is -4.27. The lowest BCUT2D eigenvalue weighted by Crippen LogP contribution is -2.32. The largest absolute Gasteiger partial charge is 0.744 e. The molecule has 2 heterocycles. The number of nitrogens with zero attached hydrogens (tertiary/aromatic N) is 1. The maximum atomic E-state index is 10.4. The summed E-state index contributed by atoms with van der Waals surface area (Å²) in [6.45, 7) is 7.48. The molecule has 0 bridgehead atoms. The molecule has 0 amide bonds.